The highest BCUT2D eigenvalue weighted by Gasteiger charge is 1.98. The van der Waals surface area contributed by atoms with Crippen molar-refractivity contribution in [2.24, 2.45) is 5.10 Å². The SMILES string of the molecule is CNN1CCC=N1. The molecule has 1 aliphatic rings. The van der Waals surface area contributed by atoms with E-state index in [0.29, 0.717) is 0 Å². The van der Waals surface area contributed by atoms with E-state index in [2.05, 4.69) is 10.5 Å². The minimum absolute atomic E-state index is 1.01. The molecule has 0 atom stereocenters. The third kappa shape index (κ3) is 0.899. The average molecular weight is 99.1 g/mol. The zero-order chi connectivity index (χ0) is 5.11. The molecule has 0 spiro atoms. The van der Waals surface area contributed by atoms with Crippen molar-refractivity contribution in [3.63, 3.8) is 0 Å². The quantitative estimate of drug-likeness (QED) is 0.493. The van der Waals surface area contributed by atoms with Crippen LogP contribution in [0.5, 0.6) is 0 Å². The summed E-state index contributed by atoms with van der Waals surface area (Å²) in [6, 6.07) is 0. The molecule has 0 bridgehead atoms. The number of nitrogens with one attached hydrogen (secondary N) is 1. The summed E-state index contributed by atoms with van der Waals surface area (Å²) < 4.78 is 0. The second-order valence-electron chi connectivity index (χ2n) is 1.43. The lowest BCUT2D eigenvalue weighted by Crippen LogP contribution is -2.27. The Bertz CT molecular complexity index is 79.0. The Hall–Kier alpha value is -0.570. The highest BCUT2D eigenvalue weighted by molar-refractivity contribution is 5.58. The van der Waals surface area contributed by atoms with Gasteiger partial charge in [-0.3, -0.25) is 0 Å². The summed E-state index contributed by atoms with van der Waals surface area (Å²) >= 11 is 0. The van der Waals surface area contributed by atoms with E-state index >= 15 is 0 Å². The molecule has 0 unspecified atom stereocenters. The van der Waals surface area contributed by atoms with Crippen LogP contribution in [0.3, 0.4) is 0 Å². The van der Waals surface area contributed by atoms with Gasteiger partial charge in [0.2, 0.25) is 0 Å². The topological polar surface area (TPSA) is 27.6 Å². The molecule has 0 aromatic rings. The van der Waals surface area contributed by atoms with Crippen LogP contribution in [0.15, 0.2) is 5.10 Å². The summed E-state index contributed by atoms with van der Waals surface area (Å²) in [5.74, 6) is 0. The van der Waals surface area contributed by atoms with Gasteiger partial charge >= 0.3 is 0 Å². The van der Waals surface area contributed by atoms with E-state index in [4.69, 9.17) is 0 Å². The molecule has 1 heterocycles. The molecule has 0 aromatic carbocycles. The first-order chi connectivity index (χ1) is 3.43. The number of hydrazone groups is 1. The van der Waals surface area contributed by atoms with Crippen LogP contribution in [-0.4, -0.2) is 24.9 Å². The van der Waals surface area contributed by atoms with Gasteiger partial charge in [-0.15, -0.1) is 0 Å². The Kier molecular flexibility index (Phi) is 1.26. The monoisotopic (exact) mass is 99.1 g/mol. The van der Waals surface area contributed by atoms with E-state index in [-0.39, 0.29) is 0 Å². The number of hydrogen-bond acceptors (Lipinski definition) is 3. The molecular formula is C4H9N3. The van der Waals surface area contributed by atoms with Gasteiger partial charge in [-0.1, -0.05) is 0 Å². The van der Waals surface area contributed by atoms with E-state index < -0.39 is 0 Å². The van der Waals surface area contributed by atoms with Gasteiger partial charge in [0.25, 0.3) is 0 Å². The Morgan fingerprint density at radius 3 is 3.00 bits per heavy atom. The zero-order valence-corrected chi connectivity index (χ0v) is 4.39. The van der Waals surface area contributed by atoms with Crippen molar-refractivity contribution >= 4 is 6.21 Å². The number of rotatable bonds is 1. The normalized spacial score (nSPS) is 18.7. The predicted molar refractivity (Wildman–Crippen MR) is 28.9 cm³/mol. The van der Waals surface area contributed by atoms with E-state index in [1.165, 1.54) is 0 Å². The molecule has 0 saturated heterocycles. The summed E-state index contributed by atoms with van der Waals surface area (Å²) in [6.07, 6.45) is 2.97. The molecule has 1 aliphatic heterocycles. The molecule has 7 heavy (non-hydrogen) atoms. The second kappa shape index (κ2) is 1.93. The largest absolute Gasteiger partial charge is 0.230 e. The Morgan fingerprint density at radius 1 is 1.86 bits per heavy atom. The second-order valence-corrected chi connectivity index (χ2v) is 1.43. The number of hydrazine groups is 1. The maximum atomic E-state index is 3.95. The molecule has 3 nitrogen and oxygen atoms in total. The Balaban J connectivity index is 2.28. The third-order valence-electron chi connectivity index (χ3n) is 0.949. The highest BCUT2D eigenvalue weighted by atomic mass is 15.7. The van der Waals surface area contributed by atoms with Crippen molar-refractivity contribution < 1.29 is 0 Å². The van der Waals surface area contributed by atoms with E-state index in [0.717, 1.165) is 13.0 Å². The molecule has 0 aliphatic carbocycles. The van der Waals surface area contributed by atoms with E-state index in [9.17, 15) is 0 Å². The fourth-order valence-electron chi connectivity index (χ4n) is 0.564. The van der Waals surface area contributed by atoms with Crippen LogP contribution in [0, 0.1) is 0 Å². The summed E-state index contributed by atoms with van der Waals surface area (Å²) in [5.41, 5.74) is 2.90. The van der Waals surface area contributed by atoms with Crippen LogP contribution in [0.1, 0.15) is 6.42 Å². The molecular weight excluding hydrogens is 90.1 g/mol. The molecule has 0 fully saturated rings. The van der Waals surface area contributed by atoms with Gasteiger partial charge in [-0.05, 0) is 0 Å². The predicted octanol–water partition coefficient (Wildman–Crippen LogP) is -0.188. The van der Waals surface area contributed by atoms with Crippen LogP contribution >= 0.6 is 0 Å². The van der Waals surface area contributed by atoms with Crippen LogP contribution in [-0.2, 0) is 0 Å². The zero-order valence-electron chi connectivity index (χ0n) is 4.39. The molecule has 1 N–H and O–H groups in total. The molecule has 0 saturated carbocycles. The lowest BCUT2D eigenvalue weighted by atomic mass is 10.5. The Labute approximate surface area is 43.0 Å². The summed E-state index contributed by atoms with van der Waals surface area (Å²) in [4.78, 5) is 0. The lowest BCUT2D eigenvalue weighted by molar-refractivity contribution is 0.243. The van der Waals surface area contributed by atoms with Gasteiger partial charge in [0.15, 0.2) is 0 Å². The fraction of sp³-hybridized carbons (Fsp3) is 0.750. The van der Waals surface area contributed by atoms with E-state index in [1.807, 2.05) is 13.3 Å². The number of hydrogen-bond donors (Lipinski definition) is 1. The first-order valence-electron chi connectivity index (χ1n) is 2.41. The van der Waals surface area contributed by atoms with Gasteiger partial charge in [0.1, 0.15) is 0 Å². The van der Waals surface area contributed by atoms with Crippen molar-refractivity contribution in [1.82, 2.24) is 10.5 Å². The maximum absolute atomic E-state index is 3.95. The molecule has 0 amide bonds. The highest BCUT2D eigenvalue weighted by Crippen LogP contribution is 1.91. The third-order valence-corrected chi connectivity index (χ3v) is 0.949. The van der Waals surface area contributed by atoms with Gasteiger partial charge in [-0.25, -0.2) is 10.5 Å². The smallest absolute Gasteiger partial charge is 0.0583 e. The molecule has 3 heteroatoms. The van der Waals surface area contributed by atoms with Crippen molar-refractivity contribution in [2.75, 3.05) is 13.6 Å². The Morgan fingerprint density at radius 2 is 2.71 bits per heavy atom. The first kappa shape index (κ1) is 4.59. The number of nitrogens with zero attached hydrogens (tertiary/aromatic N) is 2. The molecule has 1 rings (SSSR count). The molecule has 40 valence electrons. The van der Waals surface area contributed by atoms with Crippen molar-refractivity contribution in [2.45, 2.75) is 6.42 Å². The van der Waals surface area contributed by atoms with Gasteiger partial charge in [0.05, 0.1) is 6.54 Å². The van der Waals surface area contributed by atoms with Crippen LogP contribution in [0.2, 0.25) is 0 Å². The van der Waals surface area contributed by atoms with Crippen LogP contribution < -0.4 is 5.43 Å². The van der Waals surface area contributed by atoms with Crippen molar-refractivity contribution in [3.8, 4) is 0 Å². The summed E-state index contributed by atoms with van der Waals surface area (Å²) in [7, 11) is 1.86. The standard InChI is InChI=1S/C4H9N3/c1-5-7-4-2-3-6-7/h3,5H,2,4H2,1H3. The van der Waals surface area contributed by atoms with Crippen molar-refractivity contribution in [1.29, 1.82) is 0 Å². The minimum Gasteiger partial charge on any atom is -0.230 e. The van der Waals surface area contributed by atoms with Crippen LogP contribution in [0.25, 0.3) is 0 Å². The maximum Gasteiger partial charge on any atom is 0.0583 e. The fourth-order valence-corrected chi connectivity index (χ4v) is 0.564. The minimum atomic E-state index is 1.01. The van der Waals surface area contributed by atoms with Gasteiger partial charge in [0, 0.05) is 19.7 Å². The molecule has 0 radical (unpaired) electrons. The average Bonchev–Trinajstić information content (AvgIpc) is 2.14. The van der Waals surface area contributed by atoms with Gasteiger partial charge in [-0.2, -0.15) is 5.10 Å². The van der Waals surface area contributed by atoms with Crippen LogP contribution in [0.4, 0.5) is 0 Å². The lowest BCUT2D eigenvalue weighted by Gasteiger charge is -2.08. The summed E-state index contributed by atoms with van der Waals surface area (Å²) in [5, 5.41) is 5.76. The van der Waals surface area contributed by atoms with Crippen molar-refractivity contribution in [3.05, 3.63) is 0 Å². The first-order valence-corrected chi connectivity index (χ1v) is 2.41. The molecule has 0 aromatic heterocycles. The van der Waals surface area contributed by atoms with Gasteiger partial charge < -0.3 is 0 Å². The summed E-state index contributed by atoms with van der Waals surface area (Å²) in [6.45, 7) is 1.01. The van der Waals surface area contributed by atoms with E-state index in [1.54, 1.807) is 5.12 Å².